The molecule has 0 atom stereocenters. The van der Waals surface area contributed by atoms with Crippen LogP contribution in [0.4, 0.5) is 5.69 Å². The largest absolute Gasteiger partial charge is 0.466 e. The molecule has 4 rings (SSSR count). The van der Waals surface area contributed by atoms with Crippen LogP contribution in [0.15, 0.2) is 48.5 Å². The minimum atomic E-state index is -0.117. The molecule has 1 aliphatic heterocycles. The Hall–Kier alpha value is -2.99. The van der Waals surface area contributed by atoms with E-state index in [0.29, 0.717) is 13.0 Å². The predicted molar refractivity (Wildman–Crippen MR) is 120 cm³/mol. The van der Waals surface area contributed by atoms with E-state index in [-0.39, 0.29) is 5.97 Å². The van der Waals surface area contributed by atoms with Gasteiger partial charge in [0.15, 0.2) is 5.65 Å². The first-order valence-electron chi connectivity index (χ1n) is 10.6. The van der Waals surface area contributed by atoms with Crippen molar-refractivity contribution in [3.05, 3.63) is 54.2 Å². The lowest BCUT2D eigenvalue weighted by Gasteiger charge is -2.36. The van der Waals surface area contributed by atoms with E-state index in [0.717, 1.165) is 60.7 Å². The van der Waals surface area contributed by atoms with Crippen LogP contribution < -0.4 is 4.90 Å². The van der Waals surface area contributed by atoms with Gasteiger partial charge >= 0.3 is 5.97 Å². The number of aromatic nitrogens is 2. The van der Waals surface area contributed by atoms with Crippen molar-refractivity contribution in [1.82, 2.24) is 14.9 Å². The molecule has 0 amide bonds. The zero-order valence-corrected chi connectivity index (χ0v) is 17.7. The molecule has 0 unspecified atom stereocenters. The van der Waals surface area contributed by atoms with Crippen molar-refractivity contribution in [2.45, 2.75) is 20.3 Å². The van der Waals surface area contributed by atoms with Gasteiger partial charge in [0.05, 0.1) is 24.4 Å². The number of piperazine rings is 1. The molecular weight excluding hydrogens is 376 g/mol. The van der Waals surface area contributed by atoms with E-state index in [1.54, 1.807) is 0 Å². The van der Waals surface area contributed by atoms with Gasteiger partial charge in [0.2, 0.25) is 0 Å². The van der Waals surface area contributed by atoms with E-state index >= 15 is 0 Å². The van der Waals surface area contributed by atoms with Crippen LogP contribution >= 0.6 is 0 Å². The highest BCUT2D eigenvalue weighted by Gasteiger charge is 2.21. The first kappa shape index (κ1) is 20.3. The van der Waals surface area contributed by atoms with Crippen LogP contribution in [0.2, 0.25) is 0 Å². The summed E-state index contributed by atoms with van der Waals surface area (Å²) in [6.07, 6.45) is 0.452. The van der Waals surface area contributed by atoms with Crippen LogP contribution in [0.5, 0.6) is 0 Å². The zero-order chi connectivity index (χ0) is 20.9. The minimum Gasteiger partial charge on any atom is -0.466 e. The van der Waals surface area contributed by atoms with Crippen LogP contribution in [0.25, 0.3) is 22.3 Å². The molecule has 0 aliphatic carbocycles. The van der Waals surface area contributed by atoms with Gasteiger partial charge < -0.3 is 9.64 Å². The second-order valence-electron chi connectivity index (χ2n) is 7.60. The highest BCUT2D eigenvalue weighted by molar-refractivity contribution is 5.92. The molecule has 30 heavy (non-hydrogen) atoms. The van der Waals surface area contributed by atoms with Gasteiger partial charge in [-0.1, -0.05) is 30.3 Å². The normalized spacial score (nSPS) is 14.8. The number of rotatable bonds is 6. The van der Waals surface area contributed by atoms with E-state index < -0.39 is 0 Å². The van der Waals surface area contributed by atoms with Crippen molar-refractivity contribution < 1.29 is 9.53 Å². The monoisotopic (exact) mass is 404 g/mol. The molecule has 1 aliphatic rings. The van der Waals surface area contributed by atoms with Crippen molar-refractivity contribution in [2.75, 3.05) is 44.2 Å². The average Bonchev–Trinajstić information content (AvgIpc) is 2.78. The summed E-state index contributed by atoms with van der Waals surface area (Å²) in [7, 11) is 0. The Morgan fingerprint density at radius 2 is 1.80 bits per heavy atom. The van der Waals surface area contributed by atoms with Crippen molar-refractivity contribution in [2.24, 2.45) is 0 Å². The van der Waals surface area contributed by atoms with Crippen molar-refractivity contribution in [1.29, 1.82) is 0 Å². The number of aryl methyl sites for hydroxylation is 1. The summed E-state index contributed by atoms with van der Waals surface area (Å²) in [6.45, 7) is 8.69. The number of carbonyl (C=O) groups excluding carboxylic acids is 1. The van der Waals surface area contributed by atoms with Gasteiger partial charge in [-0.25, -0.2) is 9.97 Å². The Kier molecular flexibility index (Phi) is 6.23. The summed E-state index contributed by atoms with van der Waals surface area (Å²) in [5, 5.41) is 1.08. The Balaban J connectivity index is 1.56. The second-order valence-corrected chi connectivity index (χ2v) is 7.60. The van der Waals surface area contributed by atoms with Crippen LogP contribution in [0.3, 0.4) is 0 Å². The van der Waals surface area contributed by atoms with Crippen LogP contribution in [0, 0.1) is 6.92 Å². The van der Waals surface area contributed by atoms with E-state index in [4.69, 9.17) is 14.7 Å². The molecular formula is C24H28N4O2. The summed E-state index contributed by atoms with van der Waals surface area (Å²) in [4.78, 5) is 25.9. The standard InChI is InChI=1S/C24H28N4O2/c1-3-30-23(29)11-12-27-13-15-28(16-14-27)22-17-21(19-7-5-4-6-8-19)26-24-20(22)10-9-18(2)25-24/h4-10,17H,3,11-16H2,1-2H3. The van der Waals surface area contributed by atoms with Crippen molar-refractivity contribution in [3.63, 3.8) is 0 Å². The van der Waals surface area contributed by atoms with Crippen molar-refractivity contribution in [3.8, 4) is 11.3 Å². The molecule has 1 aromatic carbocycles. The smallest absolute Gasteiger partial charge is 0.307 e. The van der Waals surface area contributed by atoms with Crippen LogP contribution in [-0.4, -0.2) is 60.2 Å². The molecule has 0 N–H and O–H groups in total. The summed E-state index contributed by atoms with van der Waals surface area (Å²) < 4.78 is 5.05. The Labute approximate surface area is 177 Å². The topological polar surface area (TPSA) is 58.6 Å². The molecule has 1 saturated heterocycles. The molecule has 6 heteroatoms. The molecule has 1 fully saturated rings. The Morgan fingerprint density at radius 1 is 1.03 bits per heavy atom. The molecule has 156 valence electrons. The first-order chi connectivity index (χ1) is 14.6. The Morgan fingerprint density at radius 3 is 2.53 bits per heavy atom. The lowest BCUT2D eigenvalue weighted by molar-refractivity contribution is -0.143. The third-order valence-electron chi connectivity index (χ3n) is 5.51. The number of nitrogens with zero attached hydrogens (tertiary/aromatic N) is 4. The highest BCUT2D eigenvalue weighted by atomic mass is 16.5. The molecule has 2 aromatic heterocycles. The lowest BCUT2D eigenvalue weighted by Crippen LogP contribution is -2.47. The van der Waals surface area contributed by atoms with Gasteiger partial charge in [-0.15, -0.1) is 0 Å². The van der Waals surface area contributed by atoms with E-state index in [1.807, 2.05) is 38.1 Å². The van der Waals surface area contributed by atoms with Gasteiger partial charge in [0.1, 0.15) is 0 Å². The van der Waals surface area contributed by atoms with Crippen molar-refractivity contribution >= 4 is 22.7 Å². The van der Waals surface area contributed by atoms with Gasteiger partial charge in [-0.05, 0) is 32.0 Å². The zero-order valence-electron chi connectivity index (χ0n) is 17.7. The highest BCUT2D eigenvalue weighted by Crippen LogP contribution is 2.31. The fourth-order valence-electron chi connectivity index (χ4n) is 3.90. The second kappa shape index (κ2) is 9.22. The van der Waals surface area contributed by atoms with E-state index in [2.05, 4.69) is 34.1 Å². The number of ether oxygens (including phenoxy) is 1. The molecule has 0 spiro atoms. The number of benzene rings is 1. The van der Waals surface area contributed by atoms with Crippen LogP contribution in [-0.2, 0) is 9.53 Å². The maximum absolute atomic E-state index is 11.6. The third kappa shape index (κ3) is 4.60. The van der Waals surface area contributed by atoms with Gasteiger partial charge in [-0.3, -0.25) is 9.69 Å². The maximum atomic E-state index is 11.6. The summed E-state index contributed by atoms with van der Waals surface area (Å²) in [5.41, 5.74) is 4.97. The summed E-state index contributed by atoms with van der Waals surface area (Å²) in [6, 6.07) is 16.6. The minimum absolute atomic E-state index is 0.117. The maximum Gasteiger partial charge on any atom is 0.307 e. The van der Waals surface area contributed by atoms with Crippen LogP contribution in [0.1, 0.15) is 19.0 Å². The van der Waals surface area contributed by atoms with E-state index in [1.165, 1.54) is 5.69 Å². The summed E-state index contributed by atoms with van der Waals surface area (Å²) >= 11 is 0. The number of pyridine rings is 2. The molecule has 6 nitrogen and oxygen atoms in total. The fraction of sp³-hybridized carbons (Fsp3) is 0.375. The fourth-order valence-corrected chi connectivity index (χ4v) is 3.90. The number of hydrogen-bond donors (Lipinski definition) is 0. The first-order valence-corrected chi connectivity index (χ1v) is 10.6. The average molecular weight is 405 g/mol. The molecule has 0 radical (unpaired) electrons. The number of fused-ring (bicyclic) bond motifs is 1. The van der Waals surface area contributed by atoms with Gasteiger partial charge in [0.25, 0.3) is 0 Å². The Bertz CT molecular complexity index is 1010. The summed E-state index contributed by atoms with van der Waals surface area (Å²) in [5.74, 6) is -0.117. The third-order valence-corrected chi connectivity index (χ3v) is 5.51. The van der Waals surface area contributed by atoms with Gasteiger partial charge in [-0.2, -0.15) is 0 Å². The quantitative estimate of drug-likeness (QED) is 0.584. The molecule has 0 bridgehead atoms. The number of carbonyl (C=O) groups is 1. The predicted octanol–water partition coefficient (Wildman–Crippen LogP) is 3.68. The number of esters is 1. The molecule has 3 aromatic rings. The number of anilines is 1. The number of hydrogen-bond acceptors (Lipinski definition) is 6. The lowest BCUT2D eigenvalue weighted by atomic mass is 10.1. The molecule has 3 heterocycles. The van der Waals surface area contributed by atoms with E-state index in [9.17, 15) is 4.79 Å². The van der Waals surface area contributed by atoms with Gasteiger partial charge in [0, 0.05) is 49.4 Å². The molecule has 0 saturated carbocycles. The SMILES string of the molecule is CCOC(=O)CCN1CCN(c2cc(-c3ccccc3)nc3nc(C)ccc23)CC1.